The van der Waals surface area contributed by atoms with Crippen LogP contribution in [0.2, 0.25) is 0 Å². The van der Waals surface area contributed by atoms with E-state index in [4.69, 9.17) is 4.98 Å². The summed E-state index contributed by atoms with van der Waals surface area (Å²) < 4.78 is 0. The summed E-state index contributed by atoms with van der Waals surface area (Å²) >= 11 is 1.79. The Kier molecular flexibility index (Phi) is 8.93. The molecule has 0 spiro atoms. The van der Waals surface area contributed by atoms with Crippen molar-refractivity contribution >= 4 is 16.5 Å². The Bertz CT molecular complexity index is 362. The summed E-state index contributed by atoms with van der Waals surface area (Å²) in [6, 6.07) is 0. The van der Waals surface area contributed by atoms with Crippen LogP contribution in [0.3, 0.4) is 0 Å². The van der Waals surface area contributed by atoms with Crippen molar-refractivity contribution in [1.29, 1.82) is 0 Å². The molecule has 1 rings (SSSR count). The van der Waals surface area contributed by atoms with Gasteiger partial charge in [-0.3, -0.25) is 0 Å². The predicted octanol–water partition coefficient (Wildman–Crippen LogP) is 4.54. The second-order valence-corrected chi connectivity index (χ2v) is 7.49. The summed E-state index contributed by atoms with van der Waals surface area (Å²) in [4.78, 5) is 7.30. The van der Waals surface area contributed by atoms with Gasteiger partial charge in [0.2, 0.25) is 0 Å². The van der Waals surface area contributed by atoms with E-state index < -0.39 is 0 Å². The van der Waals surface area contributed by atoms with Crippen LogP contribution < -0.4 is 10.2 Å². The molecule has 0 radical (unpaired) electrons. The third kappa shape index (κ3) is 7.82. The maximum atomic E-state index is 4.82. The fourth-order valence-electron chi connectivity index (χ4n) is 2.05. The normalized spacial score (nSPS) is 11.6. The van der Waals surface area contributed by atoms with Crippen LogP contribution >= 0.6 is 11.3 Å². The number of anilines is 1. The standard InChI is InChI=1S/C17H33N3S/c1-6-9-18-12-16-13-21-17(19-16)20(10-7-14(2)3)11-8-15(4)5/h13-15,18H,6-12H2,1-5H3. The minimum atomic E-state index is 0.747. The zero-order chi connectivity index (χ0) is 15.7. The SMILES string of the molecule is CCCNCc1csc(N(CCC(C)C)CCC(C)C)n1. The zero-order valence-electron chi connectivity index (χ0n) is 14.5. The number of nitrogens with zero attached hydrogens (tertiary/aromatic N) is 2. The number of rotatable bonds is 11. The van der Waals surface area contributed by atoms with Gasteiger partial charge in [-0.15, -0.1) is 11.3 Å². The highest BCUT2D eigenvalue weighted by atomic mass is 32.1. The molecule has 0 fully saturated rings. The molecular weight excluding hydrogens is 278 g/mol. The summed E-state index contributed by atoms with van der Waals surface area (Å²) in [7, 11) is 0. The molecule has 1 N–H and O–H groups in total. The summed E-state index contributed by atoms with van der Waals surface area (Å²) in [6.07, 6.45) is 3.65. The smallest absolute Gasteiger partial charge is 0.185 e. The first-order valence-electron chi connectivity index (χ1n) is 8.43. The molecule has 0 aliphatic heterocycles. The fraction of sp³-hybridized carbons (Fsp3) is 0.824. The van der Waals surface area contributed by atoms with Gasteiger partial charge in [0, 0.05) is 25.0 Å². The zero-order valence-corrected chi connectivity index (χ0v) is 15.3. The van der Waals surface area contributed by atoms with Gasteiger partial charge in [0.05, 0.1) is 5.69 Å². The maximum Gasteiger partial charge on any atom is 0.185 e. The van der Waals surface area contributed by atoms with Crippen molar-refractivity contribution in [1.82, 2.24) is 10.3 Å². The molecule has 21 heavy (non-hydrogen) atoms. The Morgan fingerprint density at radius 3 is 2.29 bits per heavy atom. The van der Waals surface area contributed by atoms with E-state index in [1.165, 1.54) is 30.1 Å². The largest absolute Gasteiger partial charge is 0.348 e. The van der Waals surface area contributed by atoms with Gasteiger partial charge in [0.15, 0.2) is 5.13 Å². The van der Waals surface area contributed by atoms with E-state index in [1.807, 2.05) is 0 Å². The minimum Gasteiger partial charge on any atom is -0.348 e. The fourth-order valence-corrected chi connectivity index (χ4v) is 2.93. The third-order valence-corrected chi connectivity index (χ3v) is 4.45. The molecule has 0 atom stereocenters. The first kappa shape index (κ1) is 18.4. The van der Waals surface area contributed by atoms with E-state index in [1.54, 1.807) is 11.3 Å². The molecule has 0 amide bonds. The van der Waals surface area contributed by atoms with Crippen LogP contribution in [-0.4, -0.2) is 24.6 Å². The lowest BCUT2D eigenvalue weighted by Gasteiger charge is -2.23. The molecule has 0 aliphatic carbocycles. The summed E-state index contributed by atoms with van der Waals surface area (Å²) in [5.41, 5.74) is 1.18. The minimum absolute atomic E-state index is 0.747. The van der Waals surface area contributed by atoms with E-state index in [-0.39, 0.29) is 0 Å². The van der Waals surface area contributed by atoms with Crippen LogP contribution in [0.25, 0.3) is 0 Å². The predicted molar refractivity (Wildman–Crippen MR) is 95.2 cm³/mol. The molecule has 122 valence electrons. The highest BCUT2D eigenvalue weighted by Crippen LogP contribution is 2.22. The van der Waals surface area contributed by atoms with Crippen molar-refractivity contribution in [3.8, 4) is 0 Å². The van der Waals surface area contributed by atoms with Gasteiger partial charge in [0.25, 0.3) is 0 Å². The van der Waals surface area contributed by atoms with Crippen molar-refractivity contribution in [3.05, 3.63) is 11.1 Å². The average Bonchev–Trinajstić information content (AvgIpc) is 2.87. The van der Waals surface area contributed by atoms with Gasteiger partial charge in [-0.25, -0.2) is 4.98 Å². The van der Waals surface area contributed by atoms with Crippen LogP contribution in [0.1, 0.15) is 59.6 Å². The number of thiazole rings is 1. The maximum absolute atomic E-state index is 4.82. The van der Waals surface area contributed by atoms with Gasteiger partial charge < -0.3 is 10.2 Å². The lowest BCUT2D eigenvalue weighted by atomic mass is 10.1. The number of hydrogen-bond donors (Lipinski definition) is 1. The van der Waals surface area contributed by atoms with Crippen molar-refractivity contribution in [3.63, 3.8) is 0 Å². The molecule has 0 aliphatic rings. The van der Waals surface area contributed by atoms with Crippen molar-refractivity contribution < 1.29 is 0 Å². The van der Waals surface area contributed by atoms with E-state index >= 15 is 0 Å². The number of aromatic nitrogens is 1. The Labute approximate surface area is 135 Å². The van der Waals surface area contributed by atoms with Crippen molar-refractivity contribution in [2.45, 2.75) is 60.4 Å². The van der Waals surface area contributed by atoms with Crippen LogP contribution in [0, 0.1) is 11.8 Å². The molecule has 4 heteroatoms. The summed E-state index contributed by atoms with van der Waals surface area (Å²) in [5.74, 6) is 1.49. The quantitative estimate of drug-likeness (QED) is 0.608. The van der Waals surface area contributed by atoms with Gasteiger partial charge in [-0.05, 0) is 37.6 Å². The first-order valence-corrected chi connectivity index (χ1v) is 9.31. The Hall–Kier alpha value is -0.610. The molecule has 1 aromatic heterocycles. The molecule has 0 unspecified atom stereocenters. The highest BCUT2D eigenvalue weighted by molar-refractivity contribution is 7.13. The average molecular weight is 312 g/mol. The lowest BCUT2D eigenvalue weighted by molar-refractivity contribution is 0.534. The Balaban J connectivity index is 2.58. The van der Waals surface area contributed by atoms with E-state index in [0.717, 1.165) is 38.0 Å². The second kappa shape index (κ2) is 10.2. The molecular formula is C17H33N3S. The van der Waals surface area contributed by atoms with E-state index in [2.05, 4.69) is 50.2 Å². The Morgan fingerprint density at radius 1 is 1.14 bits per heavy atom. The Morgan fingerprint density at radius 2 is 1.76 bits per heavy atom. The molecule has 0 aromatic carbocycles. The van der Waals surface area contributed by atoms with Gasteiger partial charge in [-0.2, -0.15) is 0 Å². The van der Waals surface area contributed by atoms with Crippen LogP contribution in [0.4, 0.5) is 5.13 Å². The summed E-state index contributed by atoms with van der Waals surface area (Å²) in [5, 5.41) is 6.83. The first-order chi connectivity index (χ1) is 10.0. The van der Waals surface area contributed by atoms with Crippen LogP contribution in [0.15, 0.2) is 5.38 Å². The van der Waals surface area contributed by atoms with E-state index in [9.17, 15) is 0 Å². The topological polar surface area (TPSA) is 28.2 Å². The van der Waals surface area contributed by atoms with Gasteiger partial charge in [0.1, 0.15) is 0 Å². The van der Waals surface area contributed by atoms with Crippen LogP contribution in [-0.2, 0) is 6.54 Å². The third-order valence-electron chi connectivity index (χ3n) is 3.50. The highest BCUT2D eigenvalue weighted by Gasteiger charge is 2.12. The summed E-state index contributed by atoms with van der Waals surface area (Å²) in [6.45, 7) is 15.6. The molecule has 1 aromatic rings. The monoisotopic (exact) mass is 311 g/mol. The molecule has 1 heterocycles. The van der Waals surface area contributed by atoms with Gasteiger partial charge in [-0.1, -0.05) is 34.6 Å². The molecule has 0 bridgehead atoms. The molecule has 0 saturated carbocycles. The molecule has 0 saturated heterocycles. The van der Waals surface area contributed by atoms with E-state index in [0.29, 0.717) is 0 Å². The molecule has 3 nitrogen and oxygen atoms in total. The second-order valence-electron chi connectivity index (χ2n) is 6.65. The number of nitrogens with one attached hydrogen (secondary N) is 1. The van der Waals surface area contributed by atoms with Crippen molar-refractivity contribution in [2.75, 3.05) is 24.5 Å². The van der Waals surface area contributed by atoms with Gasteiger partial charge >= 0.3 is 0 Å². The van der Waals surface area contributed by atoms with Crippen LogP contribution in [0.5, 0.6) is 0 Å². The number of hydrogen-bond acceptors (Lipinski definition) is 4. The lowest BCUT2D eigenvalue weighted by Crippen LogP contribution is -2.27. The van der Waals surface area contributed by atoms with Crippen molar-refractivity contribution in [2.24, 2.45) is 11.8 Å².